The number of aliphatic hydroxyl groups excluding tert-OH is 1. The number of hydrogen-bond donors (Lipinski definition) is 4. The summed E-state index contributed by atoms with van der Waals surface area (Å²) < 4.78 is 16.2. The van der Waals surface area contributed by atoms with Crippen LogP contribution in [0.2, 0.25) is 0 Å². The summed E-state index contributed by atoms with van der Waals surface area (Å²) in [5.74, 6) is -4.76. The van der Waals surface area contributed by atoms with Crippen LogP contribution in [0, 0.1) is 0 Å². The predicted molar refractivity (Wildman–Crippen MR) is 126 cm³/mol. The molecule has 9 heteroatoms. The highest BCUT2D eigenvalue weighted by Crippen LogP contribution is 2.41. The molecule has 0 saturated heterocycles. The van der Waals surface area contributed by atoms with Crippen molar-refractivity contribution in [3.63, 3.8) is 0 Å². The van der Waals surface area contributed by atoms with Gasteiger partial charge in [0.2, 0.25) is 0 Å². The lowest BCUT2D eigenvalue weighted by Crippen LogP contribution is -2.54. The average Bonchev–Trinajstić information content (AvgIpc) is 3.50. The maximum atomic E-state index is 11.4. The molecule has 4 N–H and O–H groups in total. The minimum Gasteiger partial charge on any atom is -0.491 e. The zero-order chi connectivity index (χ0) is 25.0. The molecule has 0 radical (unpaired) electrons. The zero-order valence-electron chi connectivity index (χ0n) is 19.6. The van der Waals surface area contributed by atoms with Crippen molar-refractivity contribution in [2.75, 3.05) is 13.2 Å². The minimum atomic E-state index is -2.77. The van der Waals surface area contributed by atoms with E-state index in [1.54, 1.807) is 12.1 Å². The van der Waals surface area contributed by atoms with Crippen molar-refractivity contribution in [1.29, 1.82) is 0 Å². The maximum absolute atomic E-state index is 11.4. The molecule has 1 saturated carbocycles. The molecule has 4 rings (SSSR count). The molecule has 0 spiro atoms. The molecule has 1 fully saturated rings. The van der Waals surface area contributed by atoms with Crippen LogP contribution in [0.1, 0.15) is 49.7 Å². The Balaban J connectivity index is 1.26. The molecule has 1 aliphatic carbocycles. The Bertz CT molecular complexity index is 1050. The van der Waals surface area contributed by atoms with Gasteiger partial charge < -0.3 is 34.8 Å². The van der Waals surface area contributed by atoms with E-state index in [0.29, 0.717) is 18.9 Å². The van der Waals surface area contributed by atoms with Crippen LogP contribution in [0.3, 0.4) is 0 Å². The molecular formula is C26H31NO8. The van der Waals surface area contributed by atoms with Crippen LogP contribution in [0.25, 0.3) is 0 Å². The van der Waals surface area contributed by atoms with Crippen LogP contribution < -0.4 is 19.5 Å². The molecule has 0 amide bonds. The maximum Gasteiger partial charge on any atom is 0.453 e. The molecule has 9 nitrogen and oxygen atoms in total. The number of carboxylic acid groups (broad SMARTS) is 2. The van der Waals surface area contributed by atoms with Crippen LogP contribution >= 0.6 is 0 Å². The van der Waals surface area contributed by atoms with Gasteiger partial charge in [0.1, 0.15) is 18.5 Å². The van der Waals surface area contributed by atoms with E-state index in [9.17, 15) is 24.9 Å². The standard InChI is InChI=1S/C26H31NO8/c1-16(12-17-10-11-22-23(13-17)35-26(34-22,24(29)30)25(31)32)27-14-19(28)15-33-21-9-5-4-8-20(21)18-6-2-3-7-18/h4-5,8-11,13,16,18-19,27-28H,2-3,6-7,12,14-15H2,1H3,(H,29,30)(H,31,32). The van der Waals surface area contributed by atoms with Crippen LogP contribution in [0.4, 0.5) is 0 Å². The number of aliphatic carboxylic acids is 2. The molecule has 2 aliphatic rings. The van der Waals surface area contributed by atoms with Gasteiger partial charge in [-0.25, -0.2) is 9.59 Å². The molecule has 1 heterocycles. The summed E-state index contributed by atoms with van der Waals surface area (Å²) in [7, 11) is 0. The Morgan fingerprint density at radius 3 is 2.49 bits per heavy atom. The molecule has 1 aliphatic heterocycles. The zero-order valence-corrected chi connectivity index (χ0v) is 19.6. The number of rotatable bonds is 11. The van der Waals surface area contributed by atoms with Gasteiger partial charge in [0, 0.05) is 12.6 Å². The predicted octanol–water partition coefficient (Wildman–Crippen LogP) is 2.94. The third-order valence-electron chi connectivity index (χ3n) is 6.47. The Labute approximate surface area is 203 Å². The SMILES string of the molecule is CC(Cc1ccc2c(c1)OC(C(=O)O)(C(=O)O)O2)NCC(O)COc1ccccc1C1CCCC1. The molecule has 35 heavy (non-hydrogen) atoms. The highest BCUT2D eigenvalue weighted by molar-refractivity contribution is 6.01. The number of benzene rings is 2. The first-order valence-corrected chi connectivity index (χ1v) is 11.9. The number of para-hydroxylation sites is 1. The Morgan fingerprint density at radius 1 is 1.09 bits per heavy atom. The third-order valence-corrected chi connectivity index (χ3v) is 6.47. The number of hydrogen-bond acceptors (Lipinski definition) is 7. The average molecular weight is 486 g/mol. The largest absolute Gasteiger partial charge is 0.491 e. The Kier molecular flexibility index (Phi) is 7.47. The topological polar surface area (TPSA) is 135 Å². The van der Waals surface area contributed by atoms with Gasteiger partial charge in [0.25, 0.3) is 0 Å². The van der Waals surface area contributed by atoms with Gasteiger partial charge in [0.15, 0.2) is 11.5 Å². The van der Waals surface area contributed by atoms with E-state index < -0.39 is 23.8 Å². The summed E-state index contributed by atoms with van der Waals surface area (Å²) in [6.45, 7) is 2.46. The summed E-state index contributed by atoms with van der Waals surface area (Å²) in [5, 5.41) is 32.2. The highest BCUT2D eigenvalue weighted by atomic mass is 16.8. The number of ether oxygens (including phenoxy) is 3. The van der Waals surface area contributed by atoms with Gasteiger partial charge in [-0.05, 0) is 61.4 Å². The fourth-order valence-corrected chi connectivity index (χ4v) is 4.63. The third kappa shape index (κ3) is 5.52. The van der Waals surface area contributed by atoms with Gasteiger partial charge in [-0.3, -0.25) is 0 Å². The lowest BCUT2D eigenvalue weighted by molar-refractivity contribution is -0.194. The van der Waals surface area contributed by atoms with Gasteiger partial charge in [-0.15, -0.1) is 0 Å². The minimum absolute atomic E-state index is 0.0282. The number of carbonyl (C=O) groups is 2. The highest BCUT2D eigenvalue weighted by Gasteiger charge is 2.57. The van der Waals surface area contributed by atoms with E-state index in [0.717, 1.165) is 11.3 Å². The summed E-state index contributed by atoms with van der Waals surface area (Å²) in [6, 6.07) is 12.8. The Hall–Kier alpha value is -3.30. The summed E-state index contributed by atoms with van der Waals surface area (Å²) in [5.41, 5.74) is 2.02. The first kappa shape index (κ1) is 24.8. The van der Waals surface area contributed by atoms with Gasteiger partial charge in [-0.1, -0.05) is 37.1 Å². The van der Waals surface area contributed by atoms with Crippen molar-refractivity contribution in [1.82, 2.24) is 5.32 Å². The first-order chi connectivity index (χ1) is 16.8. The fraction of sp³-hybridized carbons (Fsp3) is 0.462. The smallest absolute Gasteiger partial charge is 0.453 e. The van der Waals surface area contributed by atoms with Gasteiger partial charge in [-0.2, -0.15) is 0 Å². The first-order valence-electron chi connectivity index (χ1n) is 11.9. The second-order valence-corrected chi connectivity index (χ2v) is 9.21. The second kappa shape index (κ2) is 10.5. The van der Waals surface area contributed by atoms with Crippen molar-refractivity contribution in [3.05, 3.63) is 53.6 Å². The molecular weight excluding hydrogens is 454 g/mol. The summed E-state index contributed by atoms with van der Waals surface area (Å²) in [4.78, 5) is 22.8. The van der Waals surface area contributed by atoms with E-state index >= 15 is 0 Å². The normalized spacial score (nSPS) is 18.2. The van der Waals surface area contributed by atoms with Crippen LogP contribution in [0.5, 0.6) is 17.2 Å². The number of fused-ring (bicyclic) bond motifs is 1. The van der Waals surface area contributed by atoms with Crippen molar-refractivity contribution >= 4 is 11.9 Å². The molecule has 2 atom stereocenters. The fourth-order valence-electron chi connectivity index (χ4n) is 4.63. The monoisotopic (exact) mass is 485 g/mol. The quantitative estimate of drug-likeness (QED) is 0.354. The lowest BCUT2D eigenvalue weighted by Gasteiger charge is -2.20. The van der Waals surface area contributed by atoms with Crippen LogP contribution in [0.15, 0.2) is 42.5 Å². The molecule has 2 aromatic carbocycles. The van der Waals surface area contributed by atoms with Gasteiger partial charge in [0.05, 0.1) is 0 Å². The van der Waals surface area contributed by atoms with E-state index in [2.05, 4.69) is 11.4 Å². The van der Waals surface area contributed by atoms with E-state index in [1.807, 2.05) is 25.1 Å². The number of nitrogens with one attached hydrogen (secondary N) is 1. The van der Waals surface area contributed by atoms with Gasteiger partial charge >= 0.3 is 17.7 Å². The van der Waals surface area contributed by atoms with Crippen molar-refractivity contribution in [2.24, 2.45) is 0 Å². The van der Waals surface area contributed by atoms with Crippen LogP contribution in [-0.4, -0.2) is 58.3 Å². The van der Waals surface area contributed by atoms with E-state index in [4.69, 9.17) is 14.2 Å². The summed E-state index contributed by atoms with van der Waals surface area (Å²) >= 11 is 0. The van der Waals surface area contributed by atoms with Crippen LogP contribution in [-0.2, 0) is 16.0 Å². The van der Waals surface area contributed by atoms with Crippen molar-refractivity contribution in [2.45, 2.75) is 62.9 Å². The molecule has 0 aromatic heterocycles. The second-order valence-electron chi connectivity index (χ2n) is 9.21. The molecule has 2 unspecified atom stereocenters. The van der Waals surface area contributed by atoms with E-state index in [-0.39, 0.29) is 24.1 Å². The van der Waals surface area contributed by atoms with Crippen molar-refractivity contribution < 1.29 is 39.1 Å². The number of aliphatic hydroxyl groups is 1. The molecule has 0 bridgehead atoms. The lowest BCUT2D eigenvalue weighted by atomic mass is 9.97. The Morgan fingerprint density at radius 2 is 1.77 bits per heavy atom. The summed E-state index contributed by atoms with van der Waals surface area (Å²) in [6.07, 6.45) is 4.68. The van der Waals surface area contributed by atoms with Crippen molar-refractivity contribution in [3.8, 4) is 17.2 Å². The molecule has 188 valence electrons. The molecule has 2 aromatic rings. The van der Waals surface area contributed by atoms with E-state index in [1.165, 1.54) is 37.3 Å². The number of carboxylic acids is 2.